The molecule has 0 bridgehead atoms. The van der Waals surface area contributed by atoms with Crippen LogP contribution in [0, 0.1) is 0 Å². The first kappa shape index (κ1) is 32.5. The van der Waals surface area contributed by atoms with Crippen molar-refractivity contribution >= 4 is 87.7 Å². The average Bonchev–Trinajstić information content (AvgIpc) is 3.66. The first-order valence-corrected chi connectivity index (χ1v) is 21.4. The van der Waals surface area contributed by atoms with E-state index in [1.807, 2.05) is 0 Å². The fourth-order valence-corrected chi connectivity index (χ4v) is 12.2. The van der Waals surface area contributed by atoms with Gasteiger partial charge in [0.05, 0.1) is 0 Å². The topological polar surface area (TPSA) is 0 Å². The Labute approximate surface area is 336 Å². The van der Waals surface area contributed by atoms with E-state index in [-0.39, 0.29) is 14.5 Å². The van der Waals surface area contributed by atoms with Crippen molar-refractivity contribution in [2.24, 2.45) is 0 Å². The summed E-state index contributed by atoms with van der Waals surface area (Å²) in [6.07, 6.45) is 0. The molecule has 0 radical (unpaired) electrons. The van der Waals surface area contributed by atoms with E-state index in [9.17, 15) is 0 Å². The van der Waals surface area contributed by atoms with Gasteiger partial charge in [-0.25, -0.2) is 0 Å². The van der Waals surface area contributed by atoms with Crippen LogP contribution in [-0.4, -0.2) is 14.5 Å². The number of benzene rings is 11. The predicted molar refractivity (Wildman–Crippen MR) is 248 cm³/mol. The van der Waals surface area contributed by atoms with Crippen LogP contribution >= 0.6 is 0 Å². The Balaban J connectivity index is 1.12. The van der Waals surface area contributed by atoms with Gasteiger partial charge < -0.3 is 0 Å². The van der Waals surface area contributed by atoms with E-state index in [0.29, 0.717) is 0 Å². The zero-order valence-corrected chi connectivity index (χ0v) is 32.8. The van der Waals surface area contributed by atoms with Gasteiger partial charge in [-0.1, -0.05) is 0 Å². The standard InChI is InChI=1S/C56H34Se/c1-2-17-36(18-3-1)52-40-21-6-8-23-42(40)53(43-24-9-7-22-41(43)52)37-32-33-48-51(34-37)57-50-31-15-30-49(56(48)50)55-46-27-12-10-25-44(46)54(45-26-11-13-28-47(45)55)39-29-14-19-35-16-4-5-20-38(35)39/h1-34H. The van der Waals surface area contributed by atoms with Crippen molar-refractivity contribution in [3.05, 3.63) is 206 Å². The Hall–Kier alpha value is -6.76. The van der Waals surface area contributed by atoms with Crippen LogP contribution < -0.4 is 0 Å². The Bertz CT molecular complexity index is 3450. The molecular weight excluding hydrogens is 752 g/mol. The SMILES string of the molecule is c1ccc(-c2c3ccccc3c(-c3ccc4c(c3)[se]c3cccc(-c5c6ccccc6c(-c6cccc7ccccc67)c6ccccc56)c34)c3ccccc23)cc1. The van der Waals surface area contributed by atoms with Crippen molar-refractivity contribution in [1.82, 2.24) is 0 Å². The van der Waals surface area contributed by atoms with E-state index in [1.165, 1.54) is 118 Å². The van der Waals surface area contributed by atoms with Gasteiger partial charge in [-0.15, -0.1) is 0 Å². The van der Waals surface area contributed by atoms with Crippen LogP contribution in [0.3, 0.4) is 0 Å². The quantitative estimate of drug-likeness (QED) is 0.123. The second-order valence-corrected chi connectivity index (χ2v) is 17.3. The minimum atomic E-state index is 0.167. The van der Waals surface area contributed by atoms with Crippen molar-refractivity contribution in [2.45, 2.75) is 0 Å². The van der Waals surface area contributed by atoms with Crippen molar-refractivity contribution in [3.63, 3.8) is 0 Å². The van der Waals surface area contributed by atoms with Crippen LogP contribution in [-0.2, 0) is 0 Å². The second kappa shape index (κ2) is 12.9. The molecule has 57 heavy (non-hydrogen) atoms. The maximum atomic E-state index is 2.51. The third-order valence-corrected chi connectivity index (χ3v) is 14.4. The Morgan fingerprint density at radius 3 is 1.28 bits per heavy atom. The van der Waals surface area contributed by atoms with Crippen molar-refractivity contribution in [3.8, 4) is 44.5 Å². The van der Waals surface area contributed by atoms with E-state index in [4.69, 9.17) is 0 Å². The van der Waals surface area contributed by atoms with Crippen LogP contribution in [0.15, 0.2) is 206 Å². The zero-order valence-electron chi connectivity index (χ0n) is 31.0. The molecule has 1 heteroatoms. The van der Waals surface area contributed by atoms with E-state index < -0.39 is 0 Å². The van der Waals surface area contributed by atoms with Crippen molar-refractivity contribution in [1.29, 1.82) is 0 Å². The Morgan fingerprint density at radius 1 is 0.246 bits per heavy atom. The number of rotatable bonds is 4. The summed E-state index contributed by atoms with van der Waals surface area (Å²) >= 11 is 0.167. The maximum absolute atomic E-state index is 2.51. The molecule has 0 spiro atoms. The van der Waals surface area contributed by atoms with Gasteiger partial charge in [-0.2, -0.15) is 0 Å². The van der Waals surface area contributed by atoms with Gasteiger partial charge in [-0.05, 0) is 0 Å². The third-order valence-electron chi connectivity index (χ3n) is 12.0. The summed E-state index contributed by atoms with van der Waals surface area (Å²) in [7, 11) is 0. The van der Waals surface area contributed by atoms with Crippen LogP contribution in [0.1, 0.15) is 0 Å². The van der Waals surface area contributed by atoms with E-state index >= 15 is 0 Å². The fourth-order valence-electron chi connectivity index (χ4n) is 9.70. The molecule has 0 aliphatic carbocycles. The molecule has 0 atom stereocenters. The summed E-state index contributed by atoms with van der Waals surface area (Å²) in [6, 6.07) is 76.8. The molecule has 1 heterocycles. The zero-order chi connectivity index (χ0) is 37.5. The van der Waals surface area contributed by atoms with Gasteiger partial charge in [0.1, 0.15) is 0 Å². The van der Waals surface area contributed by atoms with Crippen LogP contribution in [0.25, 0.3) is 118 Å². The molecule has 0 amide bonds. The summed E-state index contributed by atoms with van der Waals surface area (Å²) in [5.41, 5.74) is 10.4. The van der Waals surface area contributed by atoms with Crippen LogP contribution in [0.4, 0.5) is 0 Å². The molecule has 0 aliphatic heterocycles. The van der Waals surface area contributed by atoms with Crippen molar-refractivity contribution < 1.29 is 0 Å². The van der Waals surface area contributed by atoms with Gasteiger partial charge >= 0.3 is 338 Å². The average molecular weight is 786 g/mol. The minimum absolute atomic E-state index is 0.167. The first-order chi connectivity index (χ1) is 28.3. The second-order valence-electron chi connectivity index (χ2n) is 15.1. The molecule has 0 saturated heterocycles. The molecular formula is C56H34Se. The van der Waals surface area contributed by atoms with Gasteiger partial charge in [0.2, 0.25) is 0 Å². The number of hydrogen-bond acceptors (Lipinski definition) is 0. The Morgan fingerprint density at radius 2 is 0.684 bits per heavy atom. The molecule has 1 aromatic heterocycles. The molecule has 0 fully saturated rings. The monoisotopic (exact) mass is 786 g/mol. The molecule has 0 unspecified atom stereocenters. The van der Waals surface area contributed by atoms with Crippen LogP contribution in [0.2, 0.25) is 0 Å². The van der Waals surface area contributed by atoms with Gasteiger partial charge in [0.25, 0.3) is 0 Å². The summed E-state index contributed by atoms with van der Waals surface area (Å²) < 4.78 is 2.90. The fraction of sp³-hybridized carbons (Fsp3) is 0. The summed E-state index contributed by atoms with van der Waals surface area (Å²) in [5.74, 6) is 0. The Kier molecular flexibility index (Phi) is 7.35. The van der Waals surface area contributed by atoms with E-state index in [1.54, 1.807) is 0 Å². The molecule has 0 aliphatic rings. The molecule has 0 nitrogen and oxygen atoms in total. The molecule has 12 rings (SSSR count). The number of fused-ring (bicyclic) bond motifs is 8. The summed E-state index contributed by atoms with van der Waals surface area (Å²) in [4.78, 5) is 0. The van der Waals surface area contributed by atoms with Gasteiger partial charge in [0, 0.05) is 0 Å². The molecule has 0 saturated carbocycles. The van der Waals surface area contributed by atoms with Gasteiger partial charge in [0.15, 0.2) is 0 Å². The molecule has 12 aromatic rings. The van der Waals surface area contributed by atoms with E-state index in [0.717, 1.165) is 0 Å². The third kappa shape index (κ3) is 4.93. The van der Waals surface area contributed by atoms with E-state index in [2.05, 4.69) is 206 Å². The molecule has 264 valence electrons. The van der Waals surface area contributed by atoms with Crippen molar-refractivity contribution in [2.75, 3.05) is 0 Å². The first-order valence-electron chi connectivity index (χ1n) is 19.7. The van der Waals surface area contributed by atoms with Crippen LogP contribution in [0.5, 0.6) is 0 Å². The van der Waals surface area contributed by atoms with Gasteiger partial charge in [-0.3, -0.25) is 0 Å². The molecule has 11 aromatic carbocycles. The normalized spacial score (nSPS) is 11.9. The summed E-state index contributed by atoms with van der Waals surface area (Å²) in [5, 5.41) is 15.6. The predicted octanol–water partition coefficient (Wildman–Crippen LogP) is 15.5. The number of hydrogen-bond donors (Lipinski definition) is 0. The molecule has 0 N–H and O–H groups in total. The summed E-state index contributed by atoms with van der Waals surface area (Å²) in [6.45, 7) is 0.